The number of Topliss-reactive ketones (excluding diaryl/α,β-unsaturated/α-hetero) is 2. The lowest BCUT2D eigenvalue weighted by Crippen LogP contribution is -2.63. The van der Waals surface area contributed by atoms with E-state index in [4.69, 9.17) is 5.73 Å². The Kier molecular flexibility index (Phi) is 6.05. The minimum atomic E-state index is -2.63. The van der Waals surface area contributed by atoms with E-state index in [2.05, 4.69) is 10.6 Å². The van der Waals surface area contributed by atoms with Gasteiger partial charge in [0.2, 0.25) is 5.78 Å². The summed E-state index contributed by atoms with van der Waals surface area (Å²) in [4.78, 5) is 40.7. The summed E-state index contributed by atoms with van der Waals surface area (Å²) >= 11 is 0. The van der Waals surface area contributed by atoms with E-state index >= 15 is 0 Å². The molecule has 11 heteroatoms. The molecular weight excluding hydrogens is 480 g/mol. The standard InChI is InChI=1S/C26H32N4O7/c1-30(2)19-14-10-12-9-11-3-4-15(29-13-5-7-28-8-6-13)20(31)16(11)21(32)17(12)23(34)26(14,37)24(35)18(22(19)33)25(27)36/h3-4,12-14,19,28-29,31,33-34,37H,5-10H2,1-2H3,(H2,27,36)/t12-,14-,19?,26-/m0/s1. The maximum atomic E-state index is 13.7. The predicted molar refractivity (Wildman–Crippen MR) is 133 cm³/mol. The number of primary amides is 1. The summed E-state index contributed by atoms with van der Waals surface area (Å²) in [6.45, 7) is 1.67. The number of allylic oxidation sites excluding steroid dienone is 1. The molecular formula is C26H32N4O7. The topological polar surface area (TPSA) is 185 Å². The number of likely N-dealkylation sites (N-methyl/N-ethyl adjacent to an activating group) is 1. The Bertz CT molecular complexity index is 1260. The largest absolute Gasteiger partial charge is 0.510 e. The van der Waals surface area contributed by atoms with Crippen molar-refractivity contribution in [2.45, 2.75) is 43.4 Å². The molecule has 3 aliphatic carbocycles. The maximum absolute atomic E-state index is 13.7. The Morgan fingerprint density at radius 2 is 1.84 bits per heavy atom. The molecule has 1 aromatic carbocycles. The number of aromatic hydroxyl groups is 1. The molecule has 1 heterocycles. The number of aliphatic hydroxyl groups excluding tert-OH is 2. The zero-order valence-corrected chi connectivity index (χ0v) is 20.7. The molecule has 5 rings (SSSR count). The molecule has 4 atom stereocenters. The van der Waals surface area contributed by atoms with Crippen LogP contribution in [0.4, 0.5) is 5.69 Å². The van der Waals surface area contributed by atoms with Crippen LogP contribution in [0.25, 0.3) is 0 Å². The molecule has 0 saturated carbocycles. The first kappa shape index (κ1) is 25.2. The Morgan fingerprint density at radius 3 is 2.46 bits per heavy atom. The van der Waals surface area contributed by atoms with Crippen molar-refractivity contribution in [2.24, 2.45) is 17.6 Å². The average molecular weight is 513 g/mol. The molecule has 11 nitrogen and oxygen atoms in total. The molecule has 8 N–H and O–H groups in total. The Labute approximate surface area is 213 Å². The van der Waals surface area contributed by atoms with Crippen LogP contribution < -0.4 is 16.4 Å². The van der Waals surface area contributed by atoms with Crippen LogP contribution in [0.3, 0.4) is 0 Å². The lowest BCUT2D eigenvalue weighted by atomic mass is 9.58. The SMILES string of the molecule is CN(C)C1C(O)=C(C(N)=O)C(=O)[C@@]2(O)C(O)=C3C(=O)c4c(ccc(NC5CCNCC5)c4O)C[C@H]3C[C@@H]12. The molecule has 1 unspecified atom stereocenters. The molecule has 1 saturated heterocycles. The van der Waals surface area contributed by atoms with E-state index in [1.54, 1.807) is 26.2 Å². The van der Waals surface area contributed by atoms with Crippen molar-refractivity contribution >= 4 is 23.2 Å². The fourth-order valence-electron chi connectivity index (χ4n) is 6.53. The van der Waals surface area contributed by atoms with Gasteiger partial charge in [-0.3, -0.25) is 19.3 Å². The van der Waals surface area contributed by atoms with Gasteiger partial charge in [-0.15, -0.1) is 0 Å². The molecule has 1 fully saturated rings. The number of ketones is 2. The number of hydrogen-bond acceptors (Lipinski definition) is 10. The van der Waals surface area contributed by atoms with E-state index in [0.717, 1.165) is 25.9 Å². The molecule has 1 aliphatic heterocycles. The van der Waals surface area contributed by atoms with Crippen LogP contribution >= 0.6 is 0 Å². The molecule has 0 aromatic heterocycles. The van der Waals surface area contributed by atoms with E-state index in [-0.39, 0.29) is 35.8 Å². The van der Waals surface area contributed by atoms with Crippen molar-refractivity contribution in [1.29, 1.82) is 0 Å². The number of amides is 1. The molecule has 4 aliphatic rings. The second-order valence-corrected chi connectivity index (χ2v) is 10.6. The van der Waals surface area contributed by atoms with Crippen molar-refractivity contribution in [3.05, 3.63) is 45.9 Å². The van der Waals surface area contributed by atoms with Crippen LogP contribution in [-0.4, -0.2) is 87.7 Å². The number of phenolic OH excluding ortho intramolecular Hbond substituents is 1. The second-order valence-electron chi connectivity index (χ2n) is 10.6. The summed E-state index contributed by atoms with van der Waals surface area (Å²) in [5.41, 5.74) is 2.75. The smallest absolute Gasteiger partial charge is 0.255 e. The average Bonchev–Trinajstić information content (AvgIpc) is 2.83. The highest BCUT2D eigenvalue weighted by Gasteiger charge is 2.63. The number of nitrogens with zero attached hydrogens (tertiary/aromatic N) is 1. The highest BCUT2D eigenvalue weighted by Crippen LogP contribution is 2.52. The Morgan fingerprint density at radius 1 is 1.16 bits per heavy atom. The maximum Gasteiger partial charge on any atom is 0.255 e. The number of phenols is 1. The third-order valence-corrected chi connectivity index (χ3v) is 8.29. The van der Waals surface area contributed by atoms with Crippen molar-refractivity contribution < 1.29 is 34.8 Å². The van der Waals surface area contributed by atoms with Crippen LogP contribution in [0.2, 0.25) is 0 Å². The zero-order chi connectivity index (χ0) is 26.8. The number of anilines is 1. The second kappa shape index (κ2) is 8.86. The van der Waals surface area contributed by atoms with Crippen LogP contribution in [0.15, 0.2) is 34.8 Å². The lowest BCUT2D eigenvalue weighted by Gasteiger charge is -2.50. The third kappa shape index (κ3) is 3.64. The van der Waals surface area contributed by atoms with E-state index in [9.17, 15) is 34.8 Å². The Hall–Kier alpha value is -3.41. The van der Waals surface area contributed by atoms with Gasteiger partial charge >= 0.3 is 0 Å². The number of nitrogens with two attached hydrogens (primary N) is 1. The molecule has 198 valence electrons. The number of carbonyl (C=O) groups is 3. The molecule has 1 aromatic rings. The number of piperidine rings is 1. The van der Waals surface area contributed by atoms with E-state index in [1.807, 2.05) is 0 Å². The number of benzene rings is 1. The normalized spacial score (nSPS) is 30.2. The van der Waals surface area contributed by atoms with Crippen molar-refractivity contribution in [1.82, 2.24) is 10.2 Å². The van der Waals surface area contributed by atoms with Gasteiger partial charge in [0.15, 0.2) is 11.4 Å². The number of fused-ring (bicyclic) bond motifs is 3. The van der Waals surface area contributed by atoms with Gasteiger partial charge in [-0.25, -0.2) is 0 Å². The fourth-order valence-corrected chi connectivity index (χ4v) is 6.53. The predicted octanol–water partition coefficient (Wildman–Crippen LogP) is 0.285. The minimum Gasteiger partial charge on any atom is -0.510 e. The van der Waals surface area contributed by atoms with Gasteiger partial charge in [-0.05, 0) is 70.4 Å². The van der Waals surface area contributed by atoms with Crippen molar-refractivity contribution in [3.63, 3.8) is 0 Å². The highest BCUT2D eigenvalue weighted by atomic mass is 16.3. The van der Waals surface area contributed by atoms with Crippen LogP contribution in [0.1, 0.15) is 35.2 Å². The summed E-state index contributed by atoms with van der Waals surface area (Å²) in [5, 5.41) is 51.4. The Balaban J connectivity index is 1.60. The number of hydrogen-bond donors (Lipinski definition) is 7. The number of nitrogens with one attached hydrogen (secondary N) is 2. The van der Waals surface area contributed by atoms with E-state index < -0.39 is 58.0 Å². The van der Waals surface area contributed by atoms with Gasteiger partial charge in [0.1, 0.15) is 22.8 Å². The van der Waals surface area contributed by atoms with Gasteiger partial charge in [0, 0.05) is 17.5 Å². The summed E-state index contributed by atoms with van der Waals surface area (Å²) < 4.78 is 0. The van der Waals surface area contributed by atoms with E-state index in [0.29, 0.717) is 11.3 Å². The number of aliphatic hydroxyl groups is 3. The van der Waals surface area contributed by atoms with Crippen molar-refractivity contribution in [2.75, 3.05) is 32.5 Å². The van der Waals surface area contributed by atoms with Gasteiger partial charge in [-0.2, -0.15) is 0 Å². The molecule has 0 bridgehead atoms. The van der Waals surface area contributed by atoms with E-state index in [1.165, 1.54) is 4.90 Å². The number of carbonyl (C=O) groups excluding carboxylic acids is 3. The van der Waals surface area contributed by atoms with Gasteiger partial charge < -0.3 is 36.8 Å². The lowest BCUT2D eigenvalue weighted by molar-refractivity contribution is -0.148. The fraction of sp³-hybridized carbons (Fsp3) is 0.500. The first-order chi connectivity index (χ1) is 17.5. The molecule has 0 radical (unpaired) electrons. The summed E-state index contributed by atoms with van der Waals surface area (Å²) in [6, 6.07) is 2.62. The van der Waals surface area contributed by atoms with Crippen LogP contribution in [-0.2, 0) is 16.0 Å². The zero-order valence-electron chi connectivity index (χ0n) is 20.7. The third-order valence-electron chi connectivity index (χ3n) is 8.29. The molecule has 0 spiro atoms. The molecule has 1 amide bonds. The van der Waals surface area contributed by atoms with Gasteiger partial charge in [0.25, 0.3) is 5.91 Å². The first-order valence-electron chi connectivity index (χ1n) is 12.4. The van der Waals surface area contributed by atoms with Crippen LogP contribution in [0.5, 0.6) is 5.75 Å². The monoisotopic (exact) mass is 512 g/mol. The summed E-state index contributed by atoms with van der Waals surface area (Å²) in [7, 11) is 3.20. The quantitative estimate of drug-likeness (QED) is 0.218. The van der Waals surface area contributed by atoms with Crippen LogP contribution in [0, 0.1) is 11.8 Å². The van der Waals surface area contributed by atoms with Crippen molar-refractivity contribution in [3.8, 4) is 5.75 Å². The summed E-state index contributed by atoms with van der Waals surface area (Å²) in [5.74, 6) is -6.46. The minimum absolute atomic E-state index is 0.0136. The number of rotatable bonds is 4. The molecule has 37 heavy (non-hydrogen) atoms. The summed E-state index contributed by atoms with van der Waals surface area (Å²) in [6.07, 6.45) is 2.05. The highest BCUT2D eigenvalue weighted by molar-refractivity contribution is 6.24. The van der Waals surface area contributed by atoms with Gasteiger partial charge in [-0.1, -0.05) is 6.07 Å². The first-order valence-corrected chi connectivity index (χ1v) is 12.4. The van der Waals surface area contributed by atoms with Gasteiger partial charge in [0.05, 0.1) is 17.3 Å².